The second kappa shape index (κ2) is 6.23. The van der Waals surface area contributed by atoms with E-state index in [1.807, 2.05) is 24.3 Å². The second-order valence-electron chi connectivity index (χ2n) is 6.40. The standard InChI is InChI=1S/C18H21N3O4/c1-10-14(11(2)21-20-10)15(16(22)23)19-17(24)18(8-9-18)12-4-6-13(25-3)7-5-12/h4-7,15H,8-9H2,1-3H3,(H,19,24)(H,20,21)(H,22,23)/t15-/m1/s1. The van der Waals surface area contributed by atoms with Crippen LogP contribution in [0.25, 0.3) is 0 Å². The van der Waals surface area contributed by atoms with Gasteiger partial charge in [0, 0.05) is 11.3 Å². The van der Waals surface area contributed by atoms with E-state index in [4.69, 9.17) is 4.74 Å². The number of benzene rings is 1. The van der Waals surface area contributed by atoms with E-state index in [2.05, 4.69) is 15.5 Å². The molecule has 0 bridgehead atoms. The molecular weight excluding hydrogens is 322 g/mol. The third-order valence-electron chi connectivity index (χ3n) is 4.82. The van der Waals surface area contributed by atoms with Gasteiger partial charge in [-0.2, -0.15) is 5.10 Å². The predicted molar refractivity (Wildman–Crippen MR) is 90.5 cm³/mol. The summed E-state index contributed by atoms with van der Waals surface area (Å²) in [5.41, 5.74) is 1.92. The van der Waals surface area contributed by atoms with Crippen LogP contribution in [-0.4, -0.2) is 34.3 Å². The third kappa shape index (κ3) is 2.97. The van der Waals surface area contributed by atoms with Crippen molar-refractivity contribution < 1.29 is 19.4 Å². The van der Waals surface area contributed by atoms with Crippen molar-refractivity contribution in [3.05, 3.63) is 46.8 Å². The van der Waals surface area contributed by atoms with Crippen LogP contribution < -0.4 is 10.1 Å². The molecule has 1 aromatic heterocycles. The lowest BCUT2D eigenvalue weighted by Gasteiger charge is -2.21. The van der Waals surface area contributed by atoms with Crippen LogP contribution in [0.3, 0.4) is 0 Å². The Balaban J connectivity index is 1.85. The van der Waals surface area contributed by atoms with E-state index in [9.17, 15) is 14.7 Å². The van der Waals surface area contributed by atoms with Crippen LogP contribution in [0.4, 0.5) is 0 Å². The van der Waals surface area contributed by atoms with Crippen LogP contribution in [0.5, 0.6) is 5.75 Å². The van der Waals surface area contributed by atoms with E-state index < -0.39 is 17.4 Å². The molecule has 0 unspecified atom stereocenters. The lowest BCUT2D eigenvalue weighted by molar-refractivity contribution is -0.142. The topological polar surface area (TPSA) is 104 Å². The van der Waals surface area contributed by atoms with Crippen LogP contribution in [-0.2, 0) is 15.0 Å². The number of aryl methyl sites for hydroxylation is 2. The van der Waals surface area contributed by atoms with E-state index in [0.29, 0.717) is 35.5 Å². The highest BCUT2D eigenvalue weighted by molar-refractivity contribution is 5.94. The molecule has 1 heterocycles. The highest BCUT2D eigenvalue weighted by Gasteiger charge is 2.52. The molecule has 3 N–H and O–H groups in total. The summed E-state index contributed by atoms with van der Waals surface area (Å²) in [6.45, 7) is 3.46. The average molecular weight is 343 g/mol. The minimum Gasteiger partial charge on any atom is -0.497 e. The fourth-order valence-corrected chi connectivity index (χ4v) is 3.19. The van der Waals surface area contributed by atoms with Crippen LogP contribution in [0.1, 0.15) is 41.4 Å². The van der Waals surface area contributed by atoms with Gasteiger partial charge in [0.2, 0.25) is 5.91 Å². The molecule has 1 amide bonds. The number of ether oxygens (including phenoxy) is 1. The van der Waals surface area contributed by atoms with Gasteiger partial charge in [-0.3, -0.25) is 9.89 Å². The lowest BCUT2D eigenvalue weighted by Crippen LogP contribution is -2.40. The second-order valence-corrected chi connectivity index (χ2v) is 6.40. The largest absolute Gasteiger partial charge is 0.497 e. The smallest absolute Gasteiger partial charge is 0.331 e. The molecule has 7 nitrogen and oxygen atoms in total. The minimum absolute atomic E-state index is 0.273. The number of nitrogens with zero attached hydrogens (tertiary/aromatic N) is 1. The number of carbonyl (C=O) groups excluding carboxylic acids is 1. The Morgan fingerprint density at radius 1 is 1.28 bits per heavy atom. The molecule has 0 aliphatic heterocycles. The van der Waals surface area contributed by atoms with Crippen molar-refractivity contribution in [2.24, 2.45) is 0 Å². The number of aromatic amines is 1. The maximum Gasteiger partial charge on any atom is 0.331 e. The Kier molecular flexibility index (Phi) is 4.24. The monoisotopic (exact) mass is 343 g/mol. The first-order chi connectivity index (χ1) is 11.9. The average Bonchev–Trinajstić information content (AvgIpc) is 3.35. The van der Waals surface area contributed by atoms with Gasteiger partial charge in [-0.15, -0.1) is 0 Å². The van der Waals surface area contributed by atoms with E-state index in [1.165, 1.54) is 0 Å². The number of rotatable bonds is 6. The van der Waals surface area contributed by atoms with E-state index in [0.717, 1.165) is 5.56 Å². The van der Waals surface area contributed by atoms with Crippen molar-refractivity contribution in [3.8, 4) is 5.75 Å². The van der Waals surface area contributed by atoms with Crippen LogP contribution >= 0.6 is 0 Å². The molecule has 25 heavy (non-hydrogen) atoms. The van der Waals surface area contributed by atoms with Crippen molar-refractivity contribution >= 4 is 11.9 Å². The number of H-pyrrole nitrogens is 1. The van der Waals surface area contributed by atoms with Crippen molar-refractivity contribution in [3.63, 3.8) is 0 Å². The Bertz CT molecular complexity index is 787. The quantitative estimate of drug-likeness (QED) is 0.744. The molecule has 3 rings (SSSR count). The summed E-state index contributed by atoms with van der Waals surface area (Å²) >= 11 is 0. The molecule has 132 valence electrons. The van der Waals surface area contributed by atoms with Gasteiger partial charge in [0.25, 0.3) is 0 Å². The molecule has 1 atom stereocenters. The number of carboxylic acid groups (broad SMARTS) is 1. The van der Waals surface area contributed by atoms with Crippen molar-refractivity contribution in [1.82, 2.24) is 15.5 Å². The number of carboxylic acids is 1. The molecular formula is C18H21N3O4. The molecule has 0 saturated heterocycles. The highest BCUT2D eigenvalue weighted by Crippen LogP contribution is 2.49. The number of aromatic nitrogens is 2. The number of amides is 1. The third-order valence-corrected chi connectivity index (χ3v) is 4.82. The summed E-state index contributed by atoms with van der Waals surface area (Å²) in [4.78, 5) is 24.6. The zero-order valence-corrected chi connectivity index (χ0v) is 14.4. The maximum atomic E-state index is 12.9. The summed E-state index contributed by atoms with van der Waals surface area (Å²) in [5.74, 6) is -0.662. The van der Waals surface area contributed by atoms with E-state index in [-0.39, 0.29) is 5.91 Å². The minimum atomic E-state index is -1.12. The van der Waals surface area contributed by atoms with Crippen molar-refractivity contribution in [2.75, 3.05) is 7.11 Å². The molecule has 2 aromatic rings. The molecule has 1 aliphatic rings. The van der Waals surface area contributed by atoms with Gasteiger partial charge >= 0.3 is 5.97 Å². The number of aliphatic carboxylic acids is 1. The normalized spacial score (nSPS) is 16.1. The zero-order chi connectivity index (χ0) is 18.2. The van der Waals surface area contributed by atoms with Gasteiger partial charge in [0.15, 0.2) is 6.04 Å². The summed E-state index contributed by atoms with van der Waals surface area (Å²) in [6, 6.07) is 6.20. The van der Waals surface area contributed by atoms with Crippen LogP contribution in [0.2, 0.25) is 0 Å². The summed E-state index contributed by atoms with van der Waals surface area (Å²) in [7, 11) is 1.58. The van der Waals surface area contributed by atoms with Gasteiger partial charge in [0.1, 0.15) is 5.75 Å². The molecule has 1 saturated carbocycles. The first-order valence-corrected chi connectivity index (χ1v) is 8.09. The molecule has 1 aromatic carbocycles. The first-order valence-electron chi connectivity index (χ1n) is 8.09. The zero-order valence-electron chi connectivity index (χ0n) is 14.4. The highest BCUT2D eigenvalue weighted by atomic mass is 16.5. The number of hydrogen-bond donors (Lipinski definition) is 3. The van der Waals surface area contributed by atoms with Crippen LogP contribution in [0.15, 0.2) is 24.3 Å². The van der Waals surface area contributed by atoms with Gasteiger partial charge in [0.05, 0.1) is 18.2 Å². The Labute approximate surface area is 145 Å². The summed E-state index contributed by atoms with van der Waals surface area (Å²) in [6.07, 6.45) is 1.39. The van der Waals surface area contributed by atoms with Crippen molar-refractivity contribution in [2.45, 2.75) is 38.1 Å². The van der Waals surface area contributed by atoms with Gasteiger partial charge in [-0.25, -0.2) is 4.79 Å². The molecule has 7 heteroatoms. The Hall–Kier alpha value is -2.83. The molecule has 1 aliphatic carbocycles. The fraction of sp³-hybridized carbons (Fsp3) is 0.389. The Morgan fingerprint density at radius 3 is 2.36 bits per heavy atom. The molecule has 1 fully saturated rings. The SMILES string of the molecule is COc1ccc(C2(C(=O)N[C@@H](C(=O)O)c3c(C)n[nH]c3C)CC2)cc1. The fourth-order valence-electron chi connectivity index (χ4n) is 3.19. The van der Waals surface area contributed by atoms with E-state index >= 15 is 0 Å². The molecule has 0 spiro atoms. The predicted octanol–water partition coefficient (Wildman–Crippen LogP) is 2.01. The van der Waals surface area contributed by atoms with Gasteiger partial charge in [-0.1, -0.05) is 12.1 Å². The van der Waals surface area contributed by atoms with Crippen LogP contribution in [0, 0.1) is 13.8 Å². The van der Waals surface area contributed by atoms with Crippen molar-refractivity contribution in [1.29, 1.82) is 0 Å². The lowest BCUT2D eigenvalue weighted by atomic mass is 9.93. The number of nitrogens with one attached hydrogen (secondary N) is 2. The molecule has 0 radical (unpaired) electrons. The van der Waals surface area contributed by atoms with E-state index in [1.54, 1.807) is 21.0 Å². The maximum absolute atomic E-state index is 12.9. The first kappa shape index (κ1) is 17.0. The number of methoxy groups -OCH3 is 1. The number of carbonyl (C=O) groups is 2. The van der Waals surface area contributed by atoms with Gasteiger partial charge in [-0.05, 0) is 44.4 Å². The van der Waals surface area contributed by atoms with Gasteiger partial charge < -0.3 is 15.2 Å². The summed E-state index contributed by atoms with van der Waals surface area (Å²) in [5, 5.41) is 19.1. The number of hydrogen-bond acceptors (Lipinski definition) is 4. The summed E-state index contributed by atoms with van der Waals surface area (Å²) < 4.78 is 5.15. The Morgan fingerprint density at radius 2 is 1.92 bits per heavy atom.